The maximum atomic E-state index is 13.3. The third-order valence-corrected chi connectivity index (χ3v) is 13.8. The number of fused-ring (bicyclic) bond motifs is 7. The lowest BCUT2D eigenvalue weighted by Gasteiger charge is -2.42. The van der Waals surface area contributed by atoms with Crippen molar-refractivity contribution in [2.45, 2.75) is 58.2 Å². The van der Waals surface area contributed by atoms with Crippen LogP contribution in [0.4, 0.5) is 0 Å². The molecule has 0 saturated carbocycles. The first-order chi connectivity index (χ1) is 16.7. The van der Waals surface area contributed by atoms with Gasteiger partial charge in [-0.05, 0) is 56.4 Å². The van der Waals surface area contributed by atoms with Gasteiger partial charge >= 0.3 is 0 Å². The van der Waals surface area contributed by atoms with Crippen LogP contribution in [0.1, 0.15) is 62.3 Å². The lowest BCUT2D eigenvalue weighted by Crippen LogP contribution is -2.50. The Bertz CT molecular complexity index is 1520. The van der Waals surface area contributed by atoms with Gasteiger partial charge in [0.25, 0.3) is 8.32 Å². The average Bonchev–Trinajstić information content (AvgIpc) is 2.83. The zero-order chi connectivity index (χ0) is 25.1. The molecule has 0 N–H and O–H groups in total. The minimum atomic E-state index is -2.31. The van der Waals surface area contributed by atoms with Crippen molar-refractivity contribution < 1.29 is 14.0 Å². The molecule has 0 spiro atoms. The number of allylic oxidation sites excluding steroid dienone is 2. The van der Waals surface area contributed by atoms with Gasteiger partial charge in [-0.3, -0.25) is 9.59 Å². The largest absolute Gasteiger partial charge is 0.542 e. The maximum Gasteiger partial charge on any atom is 0.258 e. The van der Waals surface area contributed by atoms with E-state index in [4.69, 9.17) is 4.43 Å². The topological polar surface area (TPSA) is 43.4 Å². The molecule has 0 heterocycles. The molecule has 0 aromatic heterocycles. The first-order valence-electron chi connectivity index (χ1n) is 12.5. The van der Waals surface area contributed by atoms with Gasteiger partial charge in [-0.25, -0.2) is 0 Å². The van der Waals surface area contributed by atoms with Crippen LogP contribution < -0.4 is 4.43 Å². The molecule has 4 aromatic rings. The summed E-state index contributed by atoms with van der Waals surface area (Å²) in [7, 11) is -2.31. The zero-order valence-electron chi connectivity index (χ0n) is 21.3. The normalized spacial score (nSPS) is 14.2. The first-order valence-corrected chi connectivity index (χ1v) is 14.7. The molecule has 35 heavy (non-hydrogen) atoms. The SMILES string of the molecule is CC(C)[Si](Oc1cc2c(c3c1ccc1ccc4ccccc4c13)C(=O)C=CC2=O)(C(C)C)C(C)C. The second-order valence-electron chi connectivity index (χ2n) is 10.7. The number of carbonyl (C=O) groups excluding carboxylic acids is 2. The van der Waals surface area contributed by atoms with E-state index >= 15 is 0 Å². The number of hydrogen-bond donors (Lipinski definition) is 0. The van der Waals surface area contributed by atoms with Crippen molar-refractivity contribution in [1.82, 2.24) is 0 Å². The van der Waals surface area contributed by atoms with Crippen molar-refractivity contribution in [3.8, 4) is 5.75 Å². The van der Waals surface area contributed by atoms with Crippen molar-refractivity contribution in [3.63, 3.8) is 0 Å². The van der Waals surface area contributed by atoms with E-state index in [9.17, 15) is 9.59 Å². The molecule has 0 saturated heterocycles. The number of carbonyl (C=O) groups is 2. The van der Waals surface area contributed by atoms with E-state index < -0.39 is 8.32 Å². The van der Waals surface area contributed by atoms with Gasteiger partial charge in [0.1, 0.15) is 5.75 Å². The third kappa shape index (κ3) is 3.46. The summed E-state index contributed by atoms with van der Waals surface area (Å²) < 4.78 is 7.16. The van der Waals surface area contributed by atoms with E-state index in [1.807, 2.05) is 18.2 Å². The molecule has 4 aromatic carbocycles. The summed E-state index contributed by atoms with van der Waals surface area (Å²) in [6.07, 6.45) is 2.80. The summed E-state index contributed by atoms with van der Waals surface area (Å²) in [5.41, 5.74) is 2.08. The molecule has 0 fully saturated rings. The molecule has 178 valence electrons. The summed E-state index contributed by atoms with van der Waals surface area (Å²) in [5.74, 6) is 0.457. The smallest absolute Gasteiger partial charge is 0.258 e. The Balaban J connectivity index is 1.96. The van der Waals surface area contributed by atoms with Crippen LogP contribution in [-0.2, 0) is 0 Å². The Morgan fingerprint density at radius 3 is 1.94 bits per heavy atom. The molecular formula is C31H32O3Si. The van der Waals surface area contributed by atoms with Gasteiger partial charge < -0.3 is 4.43 Å². The van der Waals surface area contributed by atoms with Gasteiger partial charge in [0.2, 0.25) is 0 Å². The van der Waals surface area contributed by atoms with Gasteiger partial charge in [-0.15, -0.1) is 0 Å². The van der Waals surface area contributed by atoms with E-state index in [0.717, 1.165) is 38.1 Å². The Morgan fingerprint density at radius 2 is 1.26 bits per heavy atom. The van der Waals surface area contributed by atoms with Gasteiger partial charge in [0.05, 0.1) is 0 Å². The highest BCUT2D eigenvalue weighted by Gasteiger charge is 2.47. The van der Waals surface area contributed by atoms with Crippen LogP contribution in [0.5, 0.6) is 5.75 Å². The molecule has 0 unspecified atom stereocenters. The second-order valence-corrected chi connectivity index (χ2v) is 16.0. The van der Waals surface area contributed by atoms with E-state index in [0.29, 0.717) is 27.8 Å². The average molecular weight is 481 g/mol. The summed E-state index contributed by atoms with van der Waals surface area (Å²) in [6, 6.07) is 18.4. The molecule has 0 atom stereocenters. The molecule has 0 radical (unpaired) electrons. The van der Waals surface area contributed by atoms with Crippen LogP contribution in [0.15, 0.2) is 66.7 Å². The lowest BCUT2D eigenvalue weighted by atomic mass is 9.86. The van der Waals surface area contributed by atoms with Crippen LogP contribution in [0.25, 0.3) is 32.3 Å². The van der Waals surface area contributed by atoms with Crippen molar-refractivity contribution >= 4 is 52.2 Å². The predicted molar refractivity (Wildman–Crippen MR) is 148 cm³/mol. The molecule has 1 aliphatic carbocycles. The molecule has 0 bridgehead atoms. The maximum absolute atomic E-state index is 13.3. The fourth-order valence-corrected chi connectivity index (χ4v) is 11.6. The van der Waals surface area contributed by atoms with Crippen LogP contribution in [0.2, 0.25) is 16.6 Å². The Labute approximate surface area is 207 Å². The monoisotopic (exact) mass is 480 g/mol. The van der Waals surface area contributed by atoms with Crippen molar-refractivity contribution in [2.24, 2.45) is 0 Å². The Morgan fingerprint density at radius 1 is 0.657 bits per heavy atom. The standard InChI is InChI=1S/C31H32O3Si/c1-18(2)35(19(3)4,20(5)6)34-28-17-25-26(32)15-16-27(33)30(25)31-24(28)14-13-22-12-11-21-9-7-8-10-23(21)29(22)31/h7-20H,1-6H3. The molecule has 4 heteroatoms. The van der Waals surface area contributed by atoms with Gasteiger partial charge in [0, 0.05) is 21.9 Å². The fraction of sp³-hybridized carbons (Fsp3) is 0.290. The number of benzene rings is 4. The molecule has 0 aliphatic heterocycles. The summed E-state index contributed by atoms with van der Waals surface area (Å²) in [5, 5.41) is 5.96. The fourth-order valence-electron chi connectivity index (χ4n) is 6.38. The van der Waals surface area contributed by atoms with Crippen molar-refractivity contribution in [3.05, 3.63) is 77.9 Å². The van der Waals surface area contributed by atoms with Crippen molar-refractivity contribution in [2.75, 3.05) is 0 Å². The number of ketones is 2. The molecule has 0 amide bonds. The number of hydrogen-bond acceptors (Lipinski definition) is 3. The third-order valence-electron chi connectivity index (χ3n) is 7.86. The predicted octanol–water partition coefficient (Wildman–Crippen LogP) is 8.64. The van der Waals surface area contributed by atoms with E-state index in [1.54, 1.807) is 0 Å². The second kappa shape index (κ2) is 8.45. The quantitative estimate of drug-likeness (QED) is 0.212. The van der Waals surface area contributed by atoms with Gasteiger partial charge in [-0.2, -0.15) is 0 Å². The lowest BCUT2D eigenvalue weighted by molar-refractivity contribution is 0.0995. The van der Waals surface area contributed by atoms with Crippen LogP contribution in [0, 0.1) is 0 Å². The van der Waals surface area contributed by atoms with Crippen molar-refractivity contribution in [1.29, 1.82) is 0 Å². The highest BCUT2D eigenvalue weighted by molar-refractivity contribution is 6.78. The van der Waals surface area contributed by atoms with E-state index in [-0.39, 0.29) is 11.6 Å². The zero-order valence-corrected chi connectivity index (χ0v) is 22.3. The Kier molecular flexibility index (Phi) is 5.68. The highest BCUT2D eigenvalue weighted by Crippen LogP contribution is 2.47. The minimum absolute atomic E-state index is 0.128. The van der Waals surface area contributed by atoms with Crippen LogP contribution >= 0.6 is 0 Å². The van der Waals surface area contributed by atoms with Crippen LogP contribution in [0.3, 0.4) is 0 Å². The van der Waals surface area contributed by atoms with Gasteiger partial charge in [-0.1, -0.05) is 90.1 Å². The molecular weight excluding hydrogens is 448 g/mol. The van der Waals surface area contributed by atoms with Gasteiger partial charge in [0.15, 0.2) is 11.6 Å². The summed E-state index contributed by atoms with van der Waals surface area (Å²) >= 11 is 0. The molecule has 1 aliphatic rings. The first kappa shape index (κ1) is 23.5. The molecule has 3 nitrogen and oxygen atoms in total. The molecule has 5 rings (SSSR count). The highest BCUT2D eigenvalue weighted by atomic mass is 28.4. The van der Waals surface area contributed by atoms with E-state index in [2.05, 4.69) is 77.9 Å². The minimum Gasteiger partial charge on any atom is -0.542 e. The summed E-state index contributed by atoms with van der Waals surface area (Å²) in [6.45, 7) is 13.5. The van der Waals surface area contributed by atoms with E-state index in [1.165, 1.54) is 12.2 Å². The van der Waals surface area contributed by atoms with Crippen LogP contribution in [-0.4, -0.2) is 19.9 Å². The number of rotatable bonds is 5. The summed E-state index contributed by atoms with van der Waals surface area (Å²) in [4.78, 5) is 26.4. The Hall–Kier alpha value is -3.24.